The molecule has 20 nitrogen and oxygen atoms in total. The van der Waals surface area contributed by atoms with E-state index in [-0.39, 0.29) is 36.0 Å². The molecule has 8 aromatic heterocycles. The molecule has 4 fully saturated rings. The summed E-state index contributed by atoms with van der Waals surface area (Å²) in [5.74, 6) is 4.86. The fourth-order valence-electron chi connectivity index (χ4n) is 10.8. The van der Waals surface area contributed by atoms with E-state index >= 15 is 0 Å². The maximum Gasteiger partial charge on any atom is 0.280 e. The average molecular weight is 879 g/mol. The first-order valence-electron chi connectivity index (χ1n) is 22.0. The maximum atomic E-state index is 13.9. The Morgan fingerprint density at radius 3 is 1.91 bits per heavy atom. The van der Waals surface area contributed by atoms with Crippen molar-refractivity contribution in [2.45, 2.75) is 24.9 Å². The smallest absolute Gasteiger partial charge is 0.280 e. The molecule has 20 heteroatoms. The summed E-state index contributed by atoms with van der Waals surface area (Å²) < 4.78 is 17.6. The van der Waals surface area contributed by atoms with E-state index in [1.807, 2.05) is 49.6 Å². The summed E-state index contributed by atoms with van der Waals surface area (Å²) >= 11 is 0. The van der Waals surface area contributed by atoms with Crippen LogP contribution in [-0.4, -0.2) is 94.6 Å². The second-order valence-corrected chi connectivity index (χ2v) is 18.1. The summed E-state index contributed by atoms with van der Waals surface area (Å²) in [6, 6.07) is 20.6. The highest BCUT2D eigenvalue weighted by molar-refractivity contribution is 5.86. The van der Waals surface area contributed by atoms with Crippen LogP contribution in [0.25, 0.3) is 55.7 Å². The van der Waals surface area contributed by atoms with Crippen molar-refractivity contribution in [1.29, 1.82) is 0 Å². The van der Waals surface area contributed by atoms with Gasteiger partial charge in [-0.05, 0) is 60.1 Å². The van der Waals surface area contributed by atoms with Gasteiger partial charge in [0.05, 0.1) is 29.2 Å². The highest BCUT2D eigenvalue weighted by Crippen LogP contribution is 2.59. The highest BCUT2D eigenvalue weighted by Gasteiger charge is 2.59. The van der Waals surface area contributed by atoms with Gasteiger partial charge in [0.1, 0.15) is 31.4 Å². The molecule has 14 rings (SSSR count). The lowest BCUT2D eigenvalue weighted by Gasteiger charge is -2.22. The topological polar surface area (TPSA) is 216 Å². The van der Waals surface area contributed by atoms with Gasteiger partial charge in [-0.3, -0.25) is 23.7 Å². The number of nitrogens with zero attached hydrogens (tertiary/aromatic N) is 16. The Balaban J connectivity index is 0.629. The van der Waals surface area contributed by atoms with Gasteiger partial charge in [0.2, 0.25) is 11.8 Å². The van der Waals surface area contributed by atoms with Crippen molar-refractivity contribution in [3.8, 4) is 11.5 Å². The Labute approximate surface area is 372 Å². The van der Waals surface area contributed by atoms with Gasteiger partial charge in [-0.15, -0.1) is 0 Å². The van der Waals surface area contributed by atoms with Gasteiger partial charge in [0.15, 0.2) is 39.8 Å². The first kappa shape index (κ1) is 37.2. The van der Waals surface area contributed by atoms with Crippen LogP contribution in [0, 0.1) is 23.7 Å². The minimum absolute atomic E-state index is 0.104. The number of aromatic nitrogens is 14. The van der Waals surface area contributed by atoms with Gasteiger partial charge in [-0.25, -0.2) is 24.9 Å². The molecule has 10 aromatic rings. The fourth-order valence-corrected chi connectivity index (χ4v) is 10.8. The van der Waals surface area contributed by atoms with Gasteiger partial charge in [-0.2, -0.15) is 9.97 Å². The van der Waals surface area contributed by atoms with Crippen LogP contribution < -0.4 is 20.9 Å². The van der Waals surface area contributed by atoms with Crippen LogP contribution in [0.2, 0.25) is 0 Å². The second-order valence-electron chi connectivity index (χ2n) is 18.1. The Hall–Kier alpha value is -8.16. The van der Waals surface area contributed by atoms with Crippen molar-refractivity contribution >= 4 is 55.5 Å². The highest BCUT2D eigenvalue weighted by atomic mass is 16.5. The zero-order valence-electron chi connectivity index (χ0n) is 35.6. The average Bonchev–Trinajstić information content (AvgIpc) is 3.86. The van der Waals surface area contributed by atoms with Crippen molar-refractivity contribution in [2.24, 2.45) is 37.8 Å². The summed E-state index contributed by atoms with van der Waals surface area (Å²) in [6.45, 7) is 3.83. The summed E-state index contributed by atoms with van der Waals surface area (Å²) in [7, 11) is 3.58. The molecule has 10 heterocycles. The number of fused-ring (bicyclic) bond motifs is 6. The normalized spacial score (nSPS) is 22.0. The minimum Gasteiger partial charge on any atom is -0.371 e. The molecule has 2 aliphatic heterocycles. The molecule has 4 aliphatic rings. The van der Waals surface area contributed by atoms with E-state index in [1.165, 1.54) is 21.8 Å². The number of piperidine rings is 2. The quantitative estimate of drug-likeness (QED) is 0.201. The zero-order chi connectivity index (χ0) is 43.9. The van der Waals surface area contributed by atoms with Gasteiger partial charge in [0.25, 0.3) is 11.1 Å². The molecule has 0 radical (unpaired) electrons. The van der Waals surface area contributed by atoms with Gasteiger partial charge in [-0.1, -0.05) is 34.6 Å². The molecule has 0 amide bonds. The lowest BCUT2D eigenvalue weighted by molar-refractivity contribution is 0.363. The number of benzene rings is 2. The Morgan fingerprint density at radius 2 is 1.20 bits per heavy atom. The van der Waals surface area contributed by atoms with Crippen molar-refractivity contribution < 1.29 is 9.05 Å². The summed E-state index contributed by atoms with van der Waals surface area (Å²) in [4.78, 5) is 68.4. The SMILES string of the molecule is Cn1cnc2ncn(Cc3nc(C4C5CN(c6ccc7nc(-c8nc9ncn(Cc%10nc(C%11[C@H]%12CN(c%13cnc%14ccccc%14c%13)C[C@@H]%11%12)no%10)c(=O)c9n8C)ccc7c6)C[C@@H]54)no3)c(=O)c21. The number of hydrogen-bond donors (Lipinski definition) is 0. The van der Waals surface area contributed by atoms with E-state index in [9.17, 15) is 9.59 Å². The number of hydrogen-bond acceptors (Lipinski definition) is 16. The van der Waals surface area contributed by atoms with Crippen LogP contribution in [0.4, 0.5) is 11.4 Å². The number of rotatable bonds is 9. The molecule has 66 heavy (non-hydrogen) atoms. The third-order valence-corrected chi connectivity index (χ3v) is 14.3. The predicted octanol–water partition coefficient (Wildman–Crippen LogP) is 3.90. The molecule has 0 spiro atoms. The van der Waals surface area contributed by atoms with Gasteiger partial charge >= 0.3 is 0 Å². The van der Waals surface area contributed by atoms with E-state index in [0.29, 0.717) is 80.9 Å². The van der Waals surface area contributed by atoms with Crippen molar-refractivity contribution in [3.05, 3.63) is 130 Å². The standard InChI is InChI=1S/C46H38N16O4/c1-57-20-48-42-38(57)45(63)61(21-49-42)18-34-52-40(55-65-34)36-27-14-59(15-28(27)36)25-8-10-32-24(11-25)7-9-33(51-32)44-54-43-39(58(44)2)46(64)62(22-50-43)19-35-53-41(56-66-35)37-29-16-60(17-30(29)37)26-12-23-5-3-4-6-31(23)47-13-26/h3-13,20-22,27-30,36-37H,14-19H2,1-2H3/t27-,28?,29-,30+,36?,37?/m0/s1. The number of imidazole rings is 2. The van der Waals surface area contributed by atoms with E-state index in [4.69, 9.17) is 24.0 Å². The van der Waals surface area contributed by atoms with Gasteiger partial charge in [0, 0.05) is 68.6 Å². The van der Waals surface area contributed by atoms with Crippen molar-refractivity contribution in [3.63, 3.8) is 0 Å². The Bertz CT molecular complexity index is 3730. The molecule has 2 saturated heterocycles. The summed E-state index contributed by atoms with van der Waals surface area (Å²) in [6.07, 6.45) is 6.48. The number of para-hydroxylation sites is 1. The van der Waals surface area contributed by atoms with Crippen molar-refractivity contribution in [2.75, 3.05) is 36.0 Å². The molecule has 2 saturated carbocycles. The molecule has 2 aliphatic carbocycles. The van der Waals surface area contributed by atoms with E-state index < -0.39 is 0 Å². The molecule has 3 unspecified atom stereocenters. The Kier molecular flexibility index (Phi) is 7.72. The van der Waals surface area contributed by atoms with Crippen LogP contribution in [0.15, 0.2) is 104 Å². The lowest BCUT2D eigenvalue weighted by Crippen LogP contribution is -2.24. The van der Waals surface area contributed by atoms with Gasteiger partial charge < -0.3 is 28.0 Å². The molecule has 6 atom stereocenters. The first-order chi connectivity index (χ1) is 32.3. The first-order valence-corrected chi connectivity index (χ1v) is 22.0. The Morgan fingerprint density at radius 1 is 0.591 bits per heavy atom. The van der Waals surface area contributed by atoms with Crippen molar-refractivity contribution in [1.82, 2.24) is 68.5 Å². The maximum absolute atomic E-state index is 13.9. The third-order valence-electron chi connectivity index (χ3n) is 14.3. The van der Waals surface area contributed by atoms with Crippen LogP contribution in [0.3, 0.4) is 0 Å². The van der Waals surface area contributed by atoms with E-state index in [0.717, 1.165) is 59.4 Å². The van der Waals surface area contributed by atoms with Crippen LogP contribution in [0.5, 0.6) is 0 Å². The predicted molar refractivity (Wildman–Crippen MR) is 239 cm³/mol. The molecule has 2 aromatic carbocycles. The molecular formula is C46H38N16O4. The monoisotopic (exact) mass is 878 g/mol. The second kappa shape index (κ2) is 13.7. The number of pyridine rings is 2. The fraction of sp³-hybridized carbons (Fsp3) is 0.304. The summed E-state index contributed by atoms with van der Waals surface area (Å²) in [5, 5.41) is 10.8. The number of aryl methyl sites for hydroxylation is 2. The van der Waals surface area contributed by atoms with E-state index in [2.05, 4.69) is 69.3 Å². The largest absolute Gasteiger partial charge is 0.371 e. The lowest BCUT2D eigenvalue weighted by atomic mass is 10.1. The number of anilines is 2. The molecular weight excluding hydrogens is 841 g/mol. The van der Waals surface area contributed by atoms with Crippen LogP contribution in [-0.2, 0) is 27.2 Å². The third kappa shape index (κ3) is 5.75. The van der Waals surface area contributed by atoms with Crippen LogP contribution >= 0.6 is 0 Å². The van der Waals surface area contributed by atoms with E-state index in [1.54, 1.807) is 22.5 Å². The molecule has 0 bridgehead atoms. The minimum atomic E-state index is -0.256. The zero-order valence-corrected chi connectivity index (χ0v) is 35.6. The van der Waals surface area contributed by atoms with Crippen LogP contribution in [0.1, 0.15) is 35.3 Å². The summed E-state index contributed by atoms with van der Waals surface area (Å²) in [5.41, 5.74) is 5.78. The molecule has 326 valence electrons. The molecule has 0 N–H and O–H groups in total.